The predicted molar refractivity (Wildman–Crippen MR) is 126 cm³/mol. The van der Waals surface area contributed by atoms with Crippen LogP contribution in [0.5, 0.6) is 0 Å². The average molecular weight is 571 g/mol. The first-order valence-electron chi connectivity index (χ1n) is 10.4. The molecule has 5 aromatic rings. The molecule has 0 spiro atoms. The fourth-order valence-electron chi connectivity index (χ4n) is 3.75. The summed E-state index contributed by atoms with van der Waals surface area (Å²) in [6, 6.07) is 5.61. The summed E-state index contributed by atoms with van der Waals surface area (Å²) in [4.78, 5) is 32.5. The number of furan rings is 1. The molecule has 2 amide bonds. The number of carbonyl (C=O) groups is 2. The van der Waals surface area contributed by atoms with Crippen LogP contribution < -0.4 is 11.1 Å². The molecule has 3 N–H and O–H groups in total. The van der Waals surface area contributed by atoms with Crippen molar-refractivity contribution in [2.45, 2.75) is 18.5 Å². The Hall–Kier alpha value is -4.11. The van der Waals surface area contributed by atoms with Crippen molar-refractivity contribution >= 4 is 56.3 Å². The number of hydrogen-bond donors (Lipinski definition) is 2. The molecule has 0 atom stereocenters. The Morgan fingerprint density at radius 3 is 2.50 bits per heavy atom. The molecule has 0 aromatic carbocycles. The van der Waals surface area contributed by atoms with Gasteiger partial charge in [0, 0.05) is 22.7 Å². The number of carbonyl (C=O) groups excluding carboxylic acids is 2. The molecule has 0 bridgehead atoms. The second-order valence-corrected chi connectivity index (χ2v) is 9.39. The lowest BCUT2D eigenvalue weighted by Gasteiger charge is -2.11. The molecule has 0 radical (unpaired) electrons. The third-order valence-corrected chi connectivity index (χ3v) is 6.57. The molecule has 0 saturated carbocycles. The molecule has 0 aliphatic rings. The number of primary amides is 1. The van der Waals surface area contributed by atoms with E-state index in [1.54, 1.807) is 0 Å². The zero-order valence-corrected chi connectivity index (χ0v) is 20.3. The minimum absolute atomic E-state index is 0.00592. The number of nitrogens with zero attached hydrogens (tertiary/aromatic N) is 4. The molecule has 0 aliphatic carbocycles. The van der Waals surface area contributed by atoms with Crippen LogP contribution in [0.15, 0.2) is 41.0 Å². The number of aromatic nitrogens is 4. The van der Waals surface area contributed by atoms with Crippen molar-refractivity contribution in [2.24, 2.45) is 5.73 Å². The number of thiophene rings is 1. The van der Waals surface area contributed by atoms with Gasteiger partial charge in [0.15, 0.2) is 11.3 Å². The van der Waals surface area contributed by atoms with Crippen LogP contribution in [0.1, 0.15) is 37.2 Å². The lowest BCUT2D eigenvalue weighted by Crippen LogP contribution is -2.18. The number of pyridine rings is 1. The van der Waals surface area contributed by atoms with Gasteiger partial charge in [-0.15, -0.1) is 11.3 Å². The van der Waals surface area contributed by atoms with Gasteiger partial charge in [-0.3, -0.25) is 9.59 Å². The molecule has 196 valence electrons. The number of hydrogen-bond acceptors (Lipinski definition) is 7. The summed E-state index contributed by atoms with van der Waals surface area (Å²) in [5, 5.41) is 2.38. The highest BCUT2D eigenvalue weighted by Gasteiger charge is 2.36. The Bertz CT molecular complexity index is 1740. The fraction of sp³-hybridized carbons (Fsp3) is 0.136. The topological polar surface area (TPSA) is 128 Å². The Labute approximate surface area is 217 Å². The summed E-state index contributed by atoms with van der Waals surface area (Å²) in [6.07, 6.45) is -3.61. The van der Waals surface area contributed by atoms with Crippen molar-refractivity contribution in [3.63, 3.8) is 0 Å². The molecule has 0 fully saturated rings. The molecule has 0 unspecified atom stereocenters. The van der Waals surface area contributed by atoms with Gasteiger partial charge in [0.25, 0.3) is 11.8 Å². The highest BCUT2D eigenvalue weighted by atomic mass is 35.5. The Morgan fingerprint density at radius 1 is 1.16 bits per heavy atom. The fourth-order valence-corrected chi connectivity index (χ4v) is 4.89. The highest BCUT2D eigenvalue weighted by Crippen LogP contribution is 2.44. The number of anilines is 1. The molecule has 38 heavy (non-hydrogen) atoms. The third-order valence-electron chi connectivity index (χ3n) is 5.28. The second kappa shape index (κ2) is 8.73. The van der Waals surface area contributed by atoms with E-state index < -0.39 is 40.5 Å². The van der Waals surface area contributed by atoms with Gasteiger partial charge in [-0.2, -0.15) is 27.1 Å². The zero-order chi connectivity index (χ0) is 27.6. The van der Waals surface area contributed by atoms with Gasteiger partial charge in [-0.1, -0.05) is 0 Å². The number of rotatable bonds is 5. The Kier molecular flexibility index (Phi) is 5.87. The van der Waals surface area contributed by atoms with Crippen molar-refractivity contribution in [1.29, 1.82) is 0 Å². The van der Waals surface area contributed by atoms with Crippen molar-refractivity contribution in [1.82, 2.24) is 19.6 Å². The van der Waals surface area contributed by atoms with E-state index in [0.717, 1.165) is 12.1 Å². The van der Waals surface area contributed by atoms with Crippen molar-refractivity contribution in [3.8, 4) is 11.3 Å². The summed E-state index contributed by atoms with van der Waals surface area (Å²) in [5.41, 5.74) is 2.72. The summed E-state index contributed by atoms with van der Waals surface area (Å²) < 4.78 is 74.5. The van der Waals surface area contributed by atoms with Gasteiger partial charge in [-0.05, 0) is 42.8 Å². The van der Waals surface area contributed by atoms with Crippen LogP contribution in [0.2, 0.25) is 0 Å². The normalized spacial score (nSPS) is 12.4. The van der Waals surface area contributed by atoms with Crippen LogP contribution >= 0.6 is 22.9 Å². The van der Waals surface area contributed by atoms with Crippen LogP contribution in [-0.2, 0) is 11.6 Å². The number of halogens is 6. The molecule has 5 heterocycles. The van der Waals surface area contributed by atoms with Crippen LogP contribution in [0.3, 0.4) is 0 Å². The van der Waals surface area contributed by atoms with Crippen LogP contribution in [0, 0.1) is 6.92 Å². The van der Waals surface area contributed by atoms with E-state index in [0.29, 0.717) is 21.9 Å². The molecule has 0 saturated heterocycles. The van der Waals surface area contributed by atoms with Crippen molar-refractivity contribution < 1.29 is 36.0 Å². The Morgan fingerprint density at radius 2 is 1.89 bits per heavy atom. The molecule has 5 rings (SSSR count). The average Bonchev–Trinajstić information content (AvgIpc) is 3.55. The SMILES string of the molecule is Cc1cc(C(F)(F)Cl)n2nc(C(=O)Nc3c(C(N)=O)sc4nc(C(F)(F)F)cc(-c5ccco5)c34)cc2n1. The molecule has 16 heteroatoms. The molecular formula is C22H12ClF5N6O3S. The minimum Gasteiger partial charge on any atom is -0.464 e. The molecule has 0 aliphatic heterocycles. The molecule has 9 nitrogen and oxygen atoms in total. The first kappa shape index (κ1) is 25.5. The van der Waals surface area contributed by atoms with Crippen molar-refractivity contribution in [3.05, 3.63) is 64.2 Å². The van der Waals surface area contributed by atoms with Crippen LogP contribution in [-0.4, -0.2) is 31.4 Å². The zero-order valence-electron chi connectivity index (χ0n) is 18.7. The van der Waals surface area contributed by atoms with Gasteiger partial charge < -0.3 is 15.5 Å². The third kappa shape index (κ3) is 4.43. The maximum atomic E-state index is 13.9. The standard InChI is InChI=1S/C22H12ClF5N6O3S/c1-8-5-13(21(23,24)25)34-14(30-8)7-10(33-34)19(36)32-16-15-9(11-3-2-4-37-11)6-12(22(26,27)28)31-20(15)38-17(16)18(29)35/h2-7H,1H3,(H2,29,35)(H,32,36). The highest BCUT2D eigenvalue weighted by molar-refractivity contribution is 7.21. The maximum absolute atomic E-state index is 13.9. The summed E-state index contributed by atoms with van der Waals surface area (Å²) >= 11 is 5.70. The van der Waals surface area contributed by atoms with Crippen LogP contribution in [0.25, 0.3) is 27.2 Å². The first-order valence-corrected chi connectivity index (χ1v) is 11.6. The van der Waals surface area contributed by atoms with E-state index >= 15 is 0 Å². The summed E-state index contributed by atoms with van der Waals surface area (Å²) in [6.45, 7) is 1.44. The number of aryl methyl sites for hydroxylation is 1. The quantitative estimate of drug-likeness (QED) is 0.210. The van der Waals surface area contributed by atoms with Crippen LogP contribution in [0.4, 0.5) is 27.6 Å². The smallest absolute Gasteiger partial charge is 0.433 e. The van der Waals surface area contributed by atoms with Gasteiger partial charge >= 0.3 is 11.6 Å². The van der Waals surface area contributed by atoms with E-state index in [1.165, 1.54) is 25.3 Å². The second-order valence-electron chi connectivity index (χ2n) is 7.91. The predicted octanol–water partition coefficient (Wildman–Crippen LogP) is 5.57. The number of amides is 2. The van der Waals surface area contributed by atoms with E-state index in [-0.39, 0.29) is 43.4 Å². The lowest BCUT2D eigenvalue weighted by molar-refractivity contribution is -0.140. The van der Waals surface area contributed by atoms with E-state index in [2.05, 4.69) is 20.4 Å². The lowest BCUT2D eigenvalue weighted by atomic mass is 10.1. The van der Waals surface area contributed by atoms with E-state index in [4.69, 9.17) is 21.8 Å². The van der Waals surface area contributed by atoms with E-state index in [9.17, 15) is 31.5 Å². The molecule has 5 aromatic heterocycles. The Balaban J connectivity index is 1.68. The molecular weight excluding hydrogens is 559 g/mol. The largest absolute Gasteiger partial charge is 0.464 e. The van der Waals surface area contributed by atoms with Gasteiger partial charge in [0.1, 0.15) is 26.9 Å². The number of nitrogens with one attached hydrogen (secondary N) is 1. The monoisotopic (exact) mass is 570 g/mol. The first-order chi connectivity index (χ1) is 17.7. The maximum Gasteiger partial charge on any atom is 0.433 e. The number of fused-ring (bicyclic) bond motifs is 2. The van der Waals surface area contributed by atoms with Gasteiger partial charge in [0.05, 0.1) is 12.0 Å². The van der Waals surface area contributed by atoms with Gasteiger partial charge in [0.2, 0.25) is 0 Å². The van der Waals surface area contributed by atoms with Crippen molar-refractivity contribution in [2.75, 3.05) is 5.32 Å². The summed E-state index contributed by atoms with van der Waals surface area (Å²) in [7, 11) is 0. The minimum atomic E-state index is -4.83. The number of alkyl halides is 6. The summed E-state index contributed by atoms with van der Waals surface area (Å²) in [5.74, 6) is -2.06. The number of nitrogens with two attached hydrogens (primary N) is 1. The van der Waals surface area contributed by atoms with Gasteiger partial charge in [-0.25, -0.2) is 14.5 Å². The van der Waals surface area contributed by atoms with E-state index in [1.807, 2.05) is 0 Å².